The van der Waals surface area contributed by atoms with Gasteiger partial charge in [-0.05, 0) is 12.0 Å². The Morgan fingerprint density at radius 1 is 1.23 bits per heavy atom. The van der Waals surface area contributed by atoms with Crippen molar-refractivity contribution in [2.75, 3.05) is 13.1 Å². The lowest BCUT2D eigenvalue weighted by Gasteiger charge is -2.17. The van der Waals surface area contributed by atoms with Gasteiger partial charge in [-0.1, -0.05) is 30.3 Å². The number of rotatable bonds is 4. The topological polar surface area (TPSA) is 74.4 Å². The minimum absolute atomic E-state index is 0.0602. The van der Waals surface area contributed by atoms with Crippen LogP contribution in [0.3, 0.4) is 0 Å². The highest BCUT2D eigenvalue weighted by atomic mass is 16.5. The first-order valence-corrected chi connectivity index (χ1v) is 7.19. The van der Waals surface area contributed by atoms with E-state index in [4.69, 9.17) is 4.74 Å². The van der Waals surface area contributed by atoms with Crippen molar-refractivity contribution < 1.29 is 9.53 Å². The van der Waals surface area contributed by atoms with E-state index >= 15 is 0 Å². The molecule has 1 aliphatic heterocycles. The lowest BCUT2D eigenvalue weighted by Crippen LogP contribution is -2.38. The van der Waals surface area contributed by atoms with Crippen molar-refractivity contribution in [2.45, 2.75) is 13.0 Å². The summed E-state index contributed by atoms with van der Waals surface area (Å²) in [6, 6.07) is 10.9. The highest BCUT2D eigenvalue weighted by Crippen LogP contribution is 2.15. The third kappa shape index (κ3) is 3.01. The Hall–Kier alpha value is -2.60. The number of amides is 1. The number of aromatic amines is 1. The highest BCUT2D eigenvalue weighted by Gasteiger charge is 2.24. The predicted molar refractivity (Wildman–Crippen MR) is 81.5 cm³/mol. The smallest absolute Gasteiger partial charge is 0.288 e. The number of hydrogen-bond acceptors (Lipinski definition) is 4. The Morgan fingerprint density at radius 3 is 2.77 bits per heavy atom. The highest BCUT2D eigenvalue weighted by molar-refractivity contribution is 5.94. The number of hydrazine groups is 1. The fourth-order valence-electron chi connectivity index (χ4n) is 2.34. The number of nitrogens with zero attached hydrogens (tertiary/aromatic N) is 1. The quantitative estimate of drug-likeness (QED) is 0.892. The number of aromatic nitrogens is 1. The van der Waals surface area contributed by atoms with Gasteiger partial charge in [-0.15, -0.1) is 0 Å². The van der Waals surface area contributed by atoms with Crippen LogP contribution in [0.1, 0.15) is 22.5 Å². The number of carbonyl (C=O) groups excluding carboxylic acids is 1. The summed E-state index contributed by atoms with van der Waals surface area (Å²) < 4.78 is 5.62. The molecule has 0 bridgehead atoms. The van der Waals surface area contributed by atoms with Crippen molar-refractivity contribution in [1.29, 1.82) is 0 Å². The molecule has 1 fully saturated rings. The van der Waals surface area contributed by atoms with Gasteiger partial charge in [0.2, 0.25) is 5.43 Å². The van der Waals surface area contributed by atoms with Gasteiger partial charge in [-0.2, -0.15) is 0 Å². The summed E-state index contributed by atoms with van der Waals surface area (Å²) in [5, 5.41) is 1.50. The van der Waals surface area contributed by atoms with Crippen LogP contribution in [0.15, 0.2) is 47.4 Å². The summed E-state index contributed by atoms with van der Waals surface area (Å²) in [5.74, 6) is -0.219. The summed E-state index contributed by atoms with van der Waals surface area (Å²) in [6.07, 6.45) is 2.35. The number of hydrogen-bond donors (Lipinski definition) is 2. The number of carbonyl (C=O) groups is 1. The van der Waals surface area contributed by atoms with E-state index in [0.717, 1.165) is 18.5 Å². The molecular weight excluding hydrogens is 282 g/mol. The second-order valence-electron chi connectivity index (χ2n) is 5.04. The Bertz CT molecular complexity index is 706. The summed E-state index contributed by atoms with van der Waals surface area (Å²) in [4.78, 5) is 27.3. The van der Waals surface area contributed by atoms with Crippen LogP contribution in [0, 0.1) is 0 Å². The third-order valence-corrected chi connectivity index (χ3v) is 3.46. The maximum Gasteiger partial charge on any atom is 0.288 e. The lowest BCUT2D eigenvalue weighted by atomic mass is 10.2. The molecule has 6 heteroatoms. The van der Waals surface area contributed by atoms with E-state index in [0.29, 0.717) is 6.54 Å². The third-order valence-electron chi connectivity index (χ3n) is 3.46. The summed E-state index contributed by atoms with van der Waals surface area (Å²) in [5.41, 5.74) is 3.79. The first-order valence-electron chi connectivity index (χ1n) is 7.19. The molecule has 0 unspecified atom stereocenters. The zero-order valence-corrected chi connectivity index (χ0v) is 12.0. The Kier molecular flexibility index (Phi) is 4.20. The van der Waals surface area contributed by atoms with E-state index in [-0.39, 0.29) is 29.4 Å². The largest absolute Gasteiger partial charge is 0.483 e. The average molecular weight is 299 g/mol. The maximum absolute atomic E-state index is 12.4. The number of nitrogens with one attached hydrogen (secondary N) is 2. The average Bonchev–Trinajstić information content (AvgIpc) is 3.08. The van der Waals surface area contributed by atoms with Crippen LogP contribution in [0.25, 0.3) is 0 Å². The van der Waals surface area contributed by atoms with Crippen molar-refractivity contribution in [2.24, 2.45) is 0 Å². The van der Waals surface area contributed by atoms with E-state index < -0.39 is 0 Å². The van der Waals surface area contributed by atoms with Gasteiger partial charge >= 0.3 is 0 Å². The molecule has 0 aliphatic carbocycles. The molecule has 6 nitrogen and oxygen atoms in total. The number of pyridine rings is 1. The monoisotopic (exact) mass is 299 g/mol. The fourth-order valence-corrected chi connectivity index (χ4v) is 2.34. The molecule has 3 rings (SSSR count). The molecule has 0 spiro atoms. The molecule has 2 N–H and O–H groups in total. The second-order valence-corrected chi connectivity index (χ2v) is 5.04. The molecule has 0 radical (unpaired) electrons. The van der Waals surface area contributed by atoms with E-state index in [9.17, 15) is 9.59 Å². The van der Waals surface area contributed by atoms with Gasteiger partial charge in [0.15, 0.2) is 11.4 Å². The molecule has 1 aliphatic rings. The van der Waals surface area contributed by atoms with Crippen molar-refractivity contribution in [3.05, 3.63) is 64.1 Å². The van der Waals surface area contributed by atoms with Gasteiger partial charge in [-0.25, -0.2) is 5.43 Å². The van der Waals surface area contributed by atoms with E-state index in [1.54, 1.807) is 0 Å². The summed E-state index contributed by atoms with van der Waals surface area (Å²) >= 11 is 0. The van der Waals surface area contributed by atoms with E-state index in [1.807, 2.05) is 30.3 Å². The predicted octanol–water partition coefficient (Wildman–Crippen LogP) is 1.30. The molecule has 1 aromatic carbocycles. The fraction of sp³-hybridized carbons (Fsp3) is 0.250. The minimum atomic E-state index is -0.308. The van der Waals surface area contributed by atoms with E-state index in [1.165, 1.54) is 17.3 Å². The molecule has 114 valence electrons. The van der Waals surface area contributed by atoms with Crippen molar-refractivity contribution in [3.8, 4) is 5.75 Å². The van der Waals surface area contributed by atoms with Crippen molar-refractivity contribution in [1.82, 2.24) is 15.4 Å². The molecule has 2 aromatic rings. The number of ether oxygens (including phenoxy) is 1. The SMILES string of the molecule is O=C(c1[nH]ccc(=O)c1OCc1ccccc1)N1CCCN1. The Morgan fingerprint density at radius 2 is 2.05 bits per heavy atom. The standard InChI is InChI=1S/C16H17N3O3/c20-13-7-9-17-14(16(21)19-10-4-8-18-19)15(13)22-11-12-5-2-1-3-6-12/h1-3,5-7,9,18H,4,8,10-11H2,(H,17,20). The number of H-pyrrole nitrogens is 1. The van der Waals surface area contributed by atoms with Gasteiger partial charge in [0.25, 0.3) is 5.91 Å². The molecular formula is C16H17N3O3. The van der Waals surface area contributed by atoms with Crippen LogP contribution in [0.4, 0.5) is 0 Å². The molecule has 0 atom stereocenters. The van der Waals surface area contributed by atoms with Gasteiger partial charge in [0.1, 0.15) is 6.61 Å². The van der Waals surface area contributed by atoms with Crippen LogP contribution in [-0.2, 0) is 6.61 Å². The molecule has 2 heterocycles. The van der Waals surface area contributed by atoms with Crippen LogP contribution >= 0.6 is 0 Å². The minimum Gasteiger partial charge on any atom is -0.483 e. The molecule has 1 saturated heterocycles. The first-order chi connectivity index (χ1) is 10.8. The summed E-state index contributed by atoms with van der Waals surface area (Å²) in [6.45, 7) is 1.61. The van der Waals surface area contributed by atoms with Gasteiger partial charge in [0, 0.05) is 25.4 Å². The second kappa shape index (κ2) is 6.44. The van der Waals surface area contributed by atoms with Crippen LogP contribution in [0.2, 0.25) is 0 Å². The maximum atomic E-state index is 12.4. The van der Waals surface area contributed by atoms with Gasteiger partial charge in [-0.3, -0.25) is 14.6 Å². The zero-order valence-electron chi connectivity index (χ0n) is 12.0. The van der Waals surface area contributed by atoms with Crippen LogP contribution in [-0.4, -0.2) is 29.0 Å². The molecule has 1 amide bonds. The van der Waals surface area contributed by atoms with Crippen LogP contribution in [0.5, 0.6) is 5.75 Å². The molecule has 0 saturated carbocycles. The van der Waals surface area contributed by atoms with Gasteiger partial charge < -0.3 is 9.72 Å². The van der Waals surface area contributed by atoms with Crippen LogP contribution < -0.4 is 15.6 Å². The Balaban J connectivity index is 1.83. The van der Waals surface area contributed by atoms with Gasteiger partial charge in [0.05, 0.1) is 0 Å². The number of benzene rings is 1. The normalized spacial score (nSPS) is 14.1. The van der Waals surface area contributed by atoms with Crippen molar-refractivity contribution in [3.63, 3.8) is 0 Å². The first kappa shape index (κ1) is 14.3. The molecule has 22 heavy (non-hydrogen) atoms. The van der Waals surface area contributed by atoms with Crippen molar-refractivity contribution >= 4 is 5.91 Å². The Labute approximate surface area is 127 Å². The lowest BCUT2D eigenvalue weighted by molar-refractivity contribution is 0.0714. The zero-order chi connectivity index (χ0) is 15.4. The summed E-state index contributed by atoms with van der Waals surface area (Å²) in [7, 11) is 0. The van der Waals surface area contributed by atoms with E-state index in [2.05, 4.69) is 10.4 Å². The molecule has 1 aromatic heterocycles.